The summed E-state index contributed by atoms with van der Waals surface area (Å²) >= 11 is 1.19. The second kappa shape index (κ2) is 9.82. The topological polar surface area (TPSA) is 140 Å². The quantitative estimate of drug-likeness (QED) is 0.0930. The number of hydrogen-bond acceptors (Lipinski definition) is 9. The van der Waals surface area contributed by atoms with Crippen LogP contribution in [0.15, 0.2) is 66.4 Å². The van der Waals surface area contributed by atoms with Gasteiger partial charge in [-0.3, -0.25) is 24.6 Å². The molecule has 1 fully saturated rings. The highest BCUT2D eigenvalue weighted by Crippen LogP contribution is 2.45. The second-order valence-electron chi connectivity index (χ2n) is 9.51. The van der Waals surface area contributed by atoms with Crippen LogP contribution in [0.2, 0.25) is 0 Å². The molecule has 1 amide bonds. The molecule has 0 aliphatic carbocycles. The molecule has 0 radical (unpaired) electrons. The van der Waals surface area contributed by atoms with Crippen LogP contribution in [0.3, 0.4) is 0 Å². The van der Waals surface area contributed by atoms with E-state index in [4.69, 9.17) is 4.74 Å². The number of nitro benzene ring substituents is 1. The lowest BCUT2D eigenvalue weighted by Gasteiger charge is -2.22. The summed E-state index contributed by atoms with van der Waals surface area (Å²) in [5.74, 6) is -1.58. The number of pyridine rings is 1. The van der Waals surface area contributed by atoms with E-state index in [-0.39, 0.29) is 22.1 Å². The van der Waals surface area contributed by atoms with E-state index in [1.165, 1.54) is 40.5 Å². The van der Waals surface area contributed by atoms with Gasteiger partial charge in [0.25, 0.3) is 11.5 Å². The molecule has 11 nitrogen and oxygen atoms in total. The van der Waals surface area contributed by atoms with E-state index in [0.717, 1.165) is 10.3 Å². The molecule has 1 N–H and O–H groups in total. The van der Waals surface area contributed by atoms with Crippen molar-refractivity contribution in [3.05, 3.63) is 99.0 Å². The van der Waals surface area contributed by atoms with Crippen molar-refractivity contribution in [3.8, 4) is 5.75 Å². The van der Waals surface area contributed by atoms with Gasteiger partial charge in [-0.05, 0) is 68.3 Å². The number of aliphatic hydroxyl groups excluding tert-OH is 1. The highest BCUT2D eigenvalue weighted by Gasteiger charge is 2.48. The predicted molar refractivity (Wildman–Crippen MR) is 153 cm³/mol. The number of fused-ring (bicyclic) bond motifs is 2. The van der Waals surface area contributed by atoms with Gasteiger partial charge >= 0.3 is 5.91 Å². The Labute approximate surface area is 237 Å². The van der Waals surface area contributed by atoms with Gasteiger partial charge < -0.3 is 14.2 Å². The predicted octanol–water partition coefficient (Wildman–Crippen LogP) is 5.49. The number of ether oxygens (including phenoxy) is 1. The highest BCUT2D eigenvalue weighted by atomic mass is 32.1. The van der Waals surface area contributed by atoms with Crippen molar-refractivity contribution in [1.82, 2.24) is 14.4 Å². The lowest BCUT2D eigenvalue weighted by atomic mass is 9.96. The number of rotatable bonds is 6. The van der Waals surface area contributed by atoms with Crippen LogP contribution in [0, 0.1) is 24.0 Å². The van der Waals surface area contributed by atoms with Crippen LogP contribution in [0.1, 0.15) is 35.5 Å². The molecule has 2 aromatic carbocycles. The number of carbonyl (C=O) groups is 2. The minimum atomic E-state index is -1.10. The Kier molecular flexibility index (Phi) is 6.26. The van der Waals surface area contributed by atoms with Gasteiger partial charge in [-0.15, -0.1) is 0 Å². The number of carbonyl (C=O) groups excluding carboxylic acids is 2. The third-order valence-corrected chi connectivity index (χ3v) is 8.06. The van der Waals surface area contributed by atoms with Crippen molar-refractivity contribution < 1.29 is 24.4 Å². The van der Waals surface area contributed by atoms with E-state index >= 15 is 0 Å². The number of non-ortho nitro benzene ring substituents is 1. The standard InChI is InChI=1S/C29H23N5O6S/c1-4-40-19-11-12-20-21(14-19)41-29(30-20)33-24(17-7-9-18(10-8-17)34(38)39)22(26(36)28(33)37)25(35)23-16(3)32-13-5-6-15(2)27(32)31-23/h5-14,24,35H,4H2,1-3H3/b25-22+. The summed E-state index contributed by atoms with van der Waals surface area (Å²) in [7, 11) is 0. The second-order valence-corrected chi connectivity index (χ2v) is 10.5. The van der Waals surface area contributed by atoms with Crippen molar-refractivity contribution in [1.29, 1.82) is 0 Å². The van der Waals surface area contributed by atoms with Crippen LogP contribution >= 0.6 is 11.3 Å². The summed E-state index contributed by atoms with van der Waals surface area (Å²) < 4.78 is 8.12. The fourth-order valence-electron chi connectivity index (χ4n) is 5.05. The van der Waals surface area contributed by atoms with Crippen LogP contribution in [-0.2, 0) is 9.59 Å². The zero-order valence-electron chi connectivity index (χ0n) is 22.2. The Balaban J connectivity index is 1.56. The molecular weight excluding hydrogens is 546 g/mol. The van der Waals surface area contributed by atoms with Crippen molar-refractivity contribution in [2.45, 2.75) is 26.8 Å². The lowest BCUT2D eigenvalue weighted by molar-refractivity contribution is -0.384. The van der Waals surface area contributed by atoms with E-state index in [1.54, 1.807) is 35.7 Å². The summed E-state index contributed by atoms with van der Waals surface area (Å²) in [6.07, 6.45) is 1.80. The molecule has 1 atom stereocenters. The van der Waals surface area contributed by atoms with E-state index in [9.17, 15) is 24.8 Å². The number of anilines is 1. The van der Waals surface area contributed by atoms with Gasteiger partial charge in [0.1, 0.15) is 17.1 Å². The number of benzene rings is 2. The number of nitro groups is 1. The molecule has 0 saturated carbocycles. The average molecular weight is 570 g/mol. The van der Waals surface area contributed by atoms with Crippen LogP contribution in [0.5, 0.6) is 5.75 Å². The summed E-state index contributed by atoms with van der Waals surface area (Å²) in [6, 6.07) is 13.5. The van der Waals surface area contributed by atoms with Gasteiger partial charge in [-0.1, -0.05) is 17.4 Å². The molecule has 4 heterocycles. The minimum absolute atomic E-state index is 0.152. The summed E-state index contributed by atoms with van der Waals surface area (Å²) in [6.45, 7) is 5.99. The third-order valence-electron chi connectivity index (χ3n) is 7.04. The molecule has 0 bridgehead atoms. The summed E-state index contributed by atoms with van der Waals surface area (Å²) in [4.78, 5) is 48.4. The van der Waals surface area contributed by atoms with Crippen LogP contribution in [0.4, 0.5) is 10.8 Å². The number of imidazole rings is 1. The molecule has 206 valence electrons. The number of thiazole rings is 1. The van der Waals surface area contributed by atoms with E-state index < -0.39 is 28.4 Å². The van der Waals surface area contributed by atoms with Gasteiger partial charge in [0.2, 0.25) is 0 Å². The maximum atomic E-state index is 13.6. The molecule has 1 unspecified atom stereocenters. The Hall–Kier alpha value is -5.10. The highest BCUT2D eigenvalue weighted by molar-refractivity contribution is 7.22. The Bertz CT molecular complexity index is 1920. The molecule has 12 heteroatoms. The van der Waals surface area contributed by atoms with Gasteiger partial charge in [-0.25, -0.2) is 9.97 Å². The lowest BCUT2D eigenvalue weighted by Crippen LogP contribution is -2.29. The number of aromatic nitrogens is 3. The normalized spacial score (nSPS) is 16.7. The fourth-order valence-corrected chi connectivity index (χ4v) is 6.07. The number of hydrogen-bond donors (Lipinski definition) is 1. The summed E-state index contributed by atoms with van der Waals surface area (Å²) in [5.41, 5.74) is 2.87. The Morgan fingerprint density at radius 1 is 1.12 bits per heavy atom. The number of aliphatic hydroxyl groups is 1. The van der Waals surface area contributed by atoms with Crippen LogP contribution < -0.4 is 9.64 Å². The Morgan fingerprint density at radius 3 is 2.56 bits per heavy atom. The molecule has 1 aliphatic heterocycles. The molecular formula is C29H23N5O6S. The van der Waals surface area contributed by atoms with Gasteiger partial charge in [-0.2, -0.15) is 0 Å². The van der Waals surface area contributed by atoms with Gasteiger partial charge in [0.05, 0.1) is 39.1 Å². The van der Waals surface area contributed by atoms with Crippen molar-refractivity contribution in [3.63, 3.8) is 0 Å². The van der Waals surface area contributed by atoms with Gasteiger partial charge in [0, 0.05) is 18.3 Å². The number of Topliss-reactive ketones (excluding diaryl/α,β-unsaturated/α-hetero) is 1. The molecule has 0 spiro atoms. The largest absolute Gasteiger partial charge is 0.505 e. The van der Waals surface area contributed by atoms with E-state index in [2.05, 4.69) is 9.97 Å². The van der Waals surface area contributed by atoms with Gasteiger partial charge in [0.15, 0.2) is 10.9 Å². The molecule has 41 heavy (non-hydrogen) atoms. The average Bonchev–Trinajstić information content (AvgIpc) is 3.61. The first kappa shape index (κ1) is 26.1. The zero-order chi connectivity index (χ0) is 29.0. The smallest absolute Gasteiger partial charge is 0.301 e. The van der Waals surface area contributed by atoms with Crippen molar-refractivity contribution >= 4 is 55.5 Å². The monoisotopic (exact) mass is 569 g/mol. The number of ketones is 1. The Morgan fingerprint density at radius 2 is 1.88 bits per heavy atom. The first-order valence-corrected chi connectivity index (χ1v) is 13.5. The molecule has 6 rings (SSSR count). The molecule has 1 aliphatic rings. The maximum Gasteiger partial charge on any atom is 0.301 e. The van der Waals surface area contributed by atoms with Crippen molar-refractivity contribution in [2.75, 3.05) is 11.5 Å². The van der Waals surface area contributed by atoms with E-state index in [0.29, 0.717) is 34.8 Å². The minimum Gasteiger partial charge on any atom is -0.505 e. The fraction of sp³-hybridized carbons (Fsp3) is 0.172. The SMILES string of the molecule is CCOc1ccc2nc(N3C(=O)C(=O)/C(=C(/O)c4nc5c(C)cccn5c4C)C3c3ccc([N+](=O)[O-])cc3)sc2c1. The third kappa shape index (κ3) is 4.19. The number of amides is 1. The first-order valence-electron chi connectivity index (χ1n) is 12.7. The molecule has 5 aromatic rings. The number of aryl methyl sites for hydroxylation is 2. The first-order chi connectivity index (χ1) is 19.7. The zero-order valence-corrected chi connectivity index (χ0v) is 23.0. The maximum absolute atomic E-state index is 13.6. The summed E-state index contributed by atoms with van der Waals surface area (Å²) in [5, 5.41) is 23.2. The van der Waals surface area contributed by atoms with Crippen LogP contribution in [-0.4, -0.2) is 42.7 Å². The molecule has 1 saturated heterocycles. The van der Waals surface area contributed by atoms with Crippen LogP contribution in [0.25, 0.3) is 21.6 Å². The molecule has 3 aromatic heterocycles. The number of nitrogens with zero attached hydrogens (tertiary/aromatic N) is 5. The van der Waals surface area contributed by atoms with Crippen molar-refractivity contribution in [2.24, 2.45) is 0 Å². The van der Waals surface area contributed by atoms with E-state index in [1.807, 2.05) is 26.0 Å².